The molecule has 1 aliphatic heterocycles. The Labute approximate surface area is 152 Å². The highest BCUT2D eigenvalue weighted by Gasteiger charge is 2.33. The van der Waals surface area contributed by atoms with Crippen molar-refractivity contribution >= 4 is 51.9 Å². The predicted molar refractivity (Wildman–Crippen MR) is 98.8 cm³/mol. The van der Waals surface area contributed by atoms with Gasteiger partial charge in [0.1, 0.15) is 17.1 Å². The van der Waals surface area contributed by atoms with Gasteiger partial charge in [0.2, 0.25) is 0 Å². The Bertz CT molecular complexity index is 938. The van der Waals surface area contributed by atoms with Crippen LogP contribution in [0.2, 0.25) is 0 Å². The molecule has 0 unspecified atom stereocenters. The van der Waals surface area contributed by atoms with E-state index in [1.54, 1.807) is 18.2 Å². The number of carbonyl (C=O) groups is 2. The number of hydrogen-bond donors (Lipinski definition) is 3. The van der Waals surface area contributed by atoms with Gasteiger partial charge in [-0.05, 0) is 42.0 Å². The summed E-state index contributed by atoms with van der Waals surface area (Å²) in [7, 11) is 0. The number of nitrogens with zero attached hydrogens (tertiary/aromatic N) is 1. The van der Waals surface area contributed by atoms with Gasteiger partial charge >= 0.3 is 5.97 Å². The summed E-state index contributed by atoms with van der Waals surface area (Å²) in [4.78, 5) is 25.4. The highest BCUT2D eigenvalue weighted by molar-refractivity contribution is 8.27. The lowest BCUT2D eigenvalue weighted by atomic mass is 10.1. The smallest absolute Gasteiger partial charge is 0.339 e. The Morgan fingerprint density at radius 3 is 2.60 bits per heavy atom. The Hall–Kier alpha value is -2.84. The number of carboxylic acids is 1. The third-order valence-electron chi connectivity index (χ3n) is 3.43. The number of benzene rings is 2. The van der Waals surface area contributed by atoms with Gasteiger partial charge in [-0.25, -0.2) is 4.79 Å². The van der Waals surface area contributed by atoms with Crippen molar-refractivity contribution in [1.29, 1.82) is 0 Å². The van der Waals surface area contributed by atoms with Crippen molar-refractivity contribution in [3.63, 3.8) is 0 Å². The average Bonchev–Trinajstić information content (AvgIpc) is 2.82. The second-order valence-electron chi connectivity index (χ2n) is 5.12. The van der Waals surface area contributed by atoms with Gasteiger partial charge in [-0.15, -0.1) is 0 Å². The number of aromatic hydroxyl groups is 2. The summed E-state index contributed by atoms with van der Waals surface area (Å²) < 4.78 is 0.249. The monoisotopic (exact) mass is 373 g/mol. The van der Waals surface area contributed by atoms with E-state index in [9.17, 15) is 19.8 Å². The first-order valence-electron chi connectivity index (χ1n) is 7.00. The fourth-order valence-corrected chi connectivity index (χ4v) is 3.59. The number of aromatic carboxylic acids is 1. The van der Waals surface area contributed by atoms with Crippen LogP contribution in [0.5, 0.6) is 11.5 Å². The summed E-state index contributed by atoms with van der Waals surface area (Å²) in [5, 5.41) is 28.2. The minimum absolute atomic E-state index is 0.0777. The number of thiocarbonyl (C=S) groups is 1. The Balaban J connectivity index is 1.97. The van der Waals surface area contributed by atoms with Gasteiger partial charge in [-0.2, -0.15) is 0 Å². The second-order valence-corrected chi connectivity index (χ2v) is 6.79. The Kier molecular flexibility index (Phi) is 4.47. The molecular formula is C17H11NO5S2. The number of thioether (sulfide) groups is 1. The summed E-state index contributed by atoms with van der Waals surface area (Å²) in [6.07, 6.45) is 1.59. The zero-order valence-corrected chi connectivity index (χ0v) is 14.2. The molecule has 0 aromatic heterocycles. The molecule has 3 rings (SSSR count). The molecule has 1 aliphatic rings. The summed E-state index contributed by atoms with van der Waals surface area (Å²) in [6, 6.07) is 10.2. The van der Waals surface area contributed by atoms with Crippen LogP contribution >= 0.6 is 24.0 Å². The maximum Gasteiger partial charge on any atom is 0.339 e. The van der Waals surface area contributed by atoms with Crippen molar-refractivity contribution < 1.29 is 24.9 Å². The lowest BCUT2D eigenvalue weighted by Crippen LogP contribution is -2.27. The zero-order chi connectivity index (χ0) is 18.1. The van der Waals surface area contributed by atoms with E-state index < -0.39 is 17.6 Å². The van der Waals surface area contributed by atoms with Crippen LogP contribution < -0.4 is 4.90 Å². The average molecular weight is 373 g/mol. The summed E-state index contributed by atoms with van der Waals surface area (Å²) in [5.74, 6) is -2.02. The Morgan fingerprint density at radius 2 is 1.92 bits per heavy atom. The summed E-state index contributed by atoms with van der Waals surface area (Å²) >= 11 is 6.30. The molecular weight excluding hydrogens is 362 g/mol. The zero-order valence-electron chi connectivity index (χ0n) is 12.5. The van der Waals surface area contributed by atoms with Crippen molar-refractivity contribution in [3.05, 3.63) is 58.5 Å². The van der Waals surface area contributed by atoms with Crippen LogP contribution in [0.1, 0.15) is 15.9 Å². The van der Waals surface area contributed by atoms with E-state index in [-0.39, 0.29) is 21.3 Å². The predicted octanol–water partition coefficient (Wildman–Crippen LogP) is 3.20. The molecule has 1 heterocycles. The third kappa shape index (κ3) is 3.35. The molecule has 1 saturated heterocycles. The highest BCUT2D eigenvalue weighted by Crippen LogP contribution is 2.37. The molecule has 0 bridgehead atoms. The minimum atomic E-state index is -1.31. The van der Waals surface area contributed by atoms with Gasteiger partial charge in [0, 0.05) is 0 Å². The molecule has 3 N–H and O–H groups in total. The molecule has 126 valence electrons. The fourth-order valence-electron chi connectivity index (χ4n) is 2.29. The van der Waals surface area contributed by atoms with Crippen LogP contribution in [0.15, 0.2) is 47.4 Å². The van der Waals surface area contributed by atoms with Crippen LogP contribution in [-0.4, -0.2) is 31.5 Å². The van der Waals surface area contributed by atoms with E-state index in [0.717, 1.165) is 11.8 Å². The van der Waals surface area contributed by atoms with Crippen molar-refractivity contribution in [1.82, 2.24) is 0 Å². The van der Waals surface area contributed by atoms with Gasteiger partial charge < -0.3 is 15.3 Å². The summed E-state index contributed by atoms with van der Waals surface area (Å²) in [6.45, 7) is 0. The largest absolute Gasteiger partial charge is 0.508 e. The molecule has 0 radical (unpaired) electrons. The topological polar surface area (TPSA) is 98.1 Å². The fraction of sp³-hybridized carbons (Fsp3) is 0. The number of carbonyl (C=O) groups excluding carboxylic acids is 1. The molecule has 6 nitrogen and oxygen atoms in total. The van der Waals surface area contributed by atoms with E-state index in [1.165, 1.54) is 35.2 Å². The number of amides is 1. The van der Waals surface area contributed by atoms with Crippen molar-refractivity contribution in [2.45, 2.75) is 0 Å². The molecule has 0 aliphatic carbocycles. The van der Waals surface area contributed by atoms with Crippen molar-refractivity contribution in [2.75, 3.05) is 4.90 Å². The van der Waals surface area contributed by atoms with Crippen molar-refractivity contribution in [3.8, 4) is 11.5 Å². The SMILES string of the molecule is O=C(O)c1cc(N2C(=O)C(=Cc3cccc(O)c3)SC2=S)ccc1O. The van der Waals surface area contributed by atoms with Gasteiger partial charge in [0.25, 0.3) is 5.91 Å². The number of anilines is 1. The number of hydrogen-bond acceptors (Lipinski definition) is 6. The number of phenolic OH excluding ortho intramolecular Hbond substituents is 1. The highest BCUT2D eigenvalue weighted by atomic mass is 32.2. The lowest BCUT2D eigenvalue weighted by molar-refractivity contribution is -0.113. The van der Waals surface area contributed by atoms with Crippen LogP contribution in [0, 0.1) is 0 Å². The molecule has 0 saturated carbocycles. The lowest BCUT2D eigenvalue weighted by Gasteiger charge is -2.15. The normalized spacial score (nSPS) is 15.8. The molecule has 1 amide bonds. The molecule has 2 aromatic rings. The third-order valence-corrected chi connectivity index (χ3v) is 4.73. The van der Waals surface area contributed by atoms with E-state index in [1.807, 2.05) is 0 Å². The van der Waals surface area contributed by atoms with Crippen LogP contribution in [0.3, 0.4) is 0 Å². The molecule has 0 atom stereocenters. The second kappa shape index (κ2) is 6.58. The Morgan fingerprint density at radius 1 is 1.16 bits per heavy atom. The van der Waals surface area contributed by atoms with E-state index in [0.29, 0.717) is 10.5 Å². The maximum absolute atomic E-state index is 12.6. The first kappa shape index (κ1) is 17.0. The van der Waals surface area contributed by atoms with Crippen molar-refractivity contribution in [2.24, 2.45) is 0 Å². The first-order chi connectivity index (χ1) is 11.9. The van der Waals surface area contributed by atoms with Crippen LogP contribution in [0.4, 0.5) is 5.69 Å². The van der Waals surface area contributed by atoms with E-state index in [4.69, 9.17) is 17.3 Å². The molecule has 8 heteroatoms. The van der Waals surface area contributed by atoms with Gasteiger partial charge in [0.15, 0.2) is 4.32 Å². The van der Waals surface area contributed by atoms with Crippen LogP contribution in [0.25, 0.3) is 6.08 Å². The number of carboxylic acid groups (broad SMARTS) is 1. The minimum Gasteiger partial charge on any atom is -0.508 e. The molecule has 1 fully saturated rings. The summed E-state index contributed by atoms with van der Waals surface area (Å²) in [5.41, 5.74) is 0.581. The standard InChI is InChI=1S/C17H11NO5S2/c19-11-3-1-2-9(6-11)7-14-15(21)18(17(24)25-14)10-4-5-13(20)12(8-10)16(22)23/h1-8,19-20H,(H,22,23). The van der Waals surface area contributed by atoms with E-state index in [2.05, 4.69) is 0 Å². The first-order valence-corrected chi connectivity index (χ1v) is 8.22. The van der Waals surface area contributed by atoms with Gasteiger partial charge in [0.05, 0.1) is 10.6 Å². The molecule has 25 heavy (non-hydrogen) atoms. The molecule has 2 aromatic carbocycles. The molecule has 0 spiro atoms. The van der Waals surface area contributed by atoms with Gasteiger partial charge in [-0.3, -0.25) is 9.69 Å². The van der Waals surface area contributed by atoms with E-state index >= 15 is 0 Å². The quantitative estimate of drug-likeness (QED) is 0.561. The maximum atomic E-state index is 12.6. The number of rotatable bonds is 3. The van der Waals surface area contributed by atoms with Crippen LogP contribution in [-0.2, 0) is 4.79 Å². The number of phenols is 2. The van der Waals surface area contributed by atoms with Gasteiger partial charge in [-0.1, -0.05) is 36.1 Å².